The Bertz CT molecular complexity index is 934. The van der Waals surface area contributed by atoms with Crippen molar-refractivity contribution in [3.8, 4) is 5.75 Å². The molecule has 0 radical (unpaired) electrons. The molecule has 29 heavy (non-hydrogen) atoms. The second-order valence-corrected chi connectivity index (χ2v) is 10.2. The molecule has 0 aromatic heterocycles. The maximum Gasteiger partial charge on any atom is 0.139 e. The maximum absolute atomic E-state index is 13.1. The SMILES string of the molecule is C[C@]12CC[C@@H]3c4ccc(O)cc4CC[C@H]3[C@@H]1[C@H](CCc1ccc(Cl)cc1)CC2=O. The van der Waals surface area contributed by atoms with Gasteiger partial charge in [-0.15, -0.1) is 0 Å². The topological polar surface area (TPSA) is 37.3 Å². The number of carbonyl (C=O) groups excluding carboxylic acids is 1. The van der Waals surface area contributed by atoms with E-state index in [1.54, 1.807) is 0 Å². The van der Waals surface area contributed by atoms with Gasteiger partial charge in [0.25, 0.3) is 0 Å². The van der Waals surface area contributed by atoms with Gasteiger partial charge < -0.3 is 5.11 Å². The predicted molar refractivity (Wildman–Crippen MR) is 116 cm³/mol. The number of Topliss-reactive ketones (excluding diaryl/α,β-unsaturated/α-hetero) is 1. The van der Waals surface area contributed by atoms with E-state index in [0.29, 0.717) is 35.2 Å². The summed E-state index contributed by atoms with van der Waals surface area (Å²) >= 11 is 6.03. The van der Waals surface area contributed by atoms with E-state index >= 15 is 0 Å². The van der Waals surface area contributed by atoms with Crippen LogP contribution >= 0.6 is 11.6 Å². The minimum absolute atomic E-state index is 0.139. The van der Waals surface area contributed by atoms with Crippen LogP contribution in [0.1, 0.15) is 61.6 Å². The molecule has 0 amide bonds. The number of ketones is 1. The van der Waals surface area contributed by atoms with Gasteiger partial charge in [-0.2, -0.15) is 0 Å². The number of carbonyl (C=O) groups is 1. The molecule has 0 saturated heterocycles. The first-order valence-corrected chi connectivity index (χ1v) is 11.4. The Morgan fingerprint density at radius 3 is 2.72 bits per heavy atom. The first kappa shape index (κ1) is 19.2. The highest BCUT2D eigenvalue weighted by molar-refractivity contribution is 6.30. The van der Waals surface area contributed by atoms with Crippen molar-refractivity contribution in [3.05, 3.63) is 64.2 Å². The fourth-order valence-corrected chi connectivity index (χ4v) is 7.02. The summed E-state index contributed by atoms with van der Waals surface area (Å²) in [4.78, 5) is 13.1. The van der Waals surface area contributed by atoms with Crippen LogP contribution in [0.2, 0.25) is 5.02 Å². The van der Waals surface area contributed by atoms with Crippen LogP contribution < -0.4 is 0 Å². The minimum Gasteiger partial charge on any atom is -0.508 e. The summed E-state index contributed by atoms with van der Waals surface area (Å²) in [6.45, 7) is 2.25. The van der Waals surface area contributed by atoms with Gasteiger partial charge in [-0.25, -0.2) is 0 Å². The molecule has 2 saturated carbocycles. The third kappa shape index (κ3) is 3.20. The Labute approximate surface area is 178 Å². The van der Waals surface area contributed by atoms with Gasteiger partial charge in [0.15, 0.2) is 0 Å². The summed E-state index contributed by atoms with van der Waals surface area (Å²) in [6, 6.07) is 14.1. The quantitative estimate of drug-likeness (QED) is 0.644. The van der Waals surface area contributed by atoms with Gasteiger partial charge in [0.2, 0.25) is 0 Å². The van der Waals surface area contributed by atoms with E-state index in [4.69, 9.17) is 11.6 Å². The summed E-state index contributed by atoms with van der Waals surface area (Å²) in [7, 11) is 0. The molecule has 0 spiro atoms. The summed E-state index contributed by atoms with van der Waals surface area (Å²) in [6.07, 6.45) is 7.13. The molecule has 5 atom stereocenters. The number of benzene rings is 2. The molecule has 3 heteroatoms. The average molecular weight is 409 g/mol. The molecule has 2 aromatic rings. The molecule has 0 bridgehead atoms. The summed E-state index contributed by atoms with van der Waals surface area (Å²) in [5.41, 5.74) is 3.92. The van der Waals surface area contributed by atoms with Crippen LogP contribution in [0.5, 0.6) is 5.75 Å². The fourth-order valence-electron chi connectivity index (χ4n) is 6.90. The first-order valence-electron chi connectivity index (χ1n) is 11.1. The van der Waals surface area contributed by atoms with Crippen molar-refractivity contribution in [2.24, 2.45) is 23.2 Å². The lowest BCUT2D eigenvalue weighted by atomic mass is 9.54. The third-order valence-corrected chi connectivity index (χ3v) is 8.52. The van der Waals surface area contributed by atoms with Gasteiger partial charge in [-0.05, 0) is 103 Å². The molecule has 0 aliphatic heterocycles. The molecule has 152 valence electrons. The van der Waals surface area contributed by atoms with Gasteiger partial charge in [-0.3, -0.25) is 4.79 Å². The zero-order valence-corrected chi connectivity index (χ0v) is 17.8. The van der Waals surface area contributed by atoms with E-state index < -0.39 is 0 Å². The van der Waals surface area contributed by atoms with Gasteiger partial charge >= 0.3 is 0 Å². The molecule has 1 N–H and O–H groups in total. The summed E-state index contributed by atoms with van der Waals surface area (Å²) < 4.78 is 0. The number of rotatable bonds is 3. The highest BCUT2D eigenvalue weighted by Gasteiger charge is 2.58. The highest BCUT2D eigenvalue weighted by atomic mass is 35.5. The number of phenolic OH excluding ortho intramolecular Hbond substituents is 1. The van der Waals surface area contributed by atoms with E-state index in [2.05, 4.69) is 25.1 Å². The van der Waals surface area contributed by atoms with Crippen LogP contribution in [-0.2, 0) is 17.6 Å². The largest absolute Gasteiger partial charge is 0.508 e. The van der Waals surface area contributed by atoms with Crippen LogP contribution in [0.3, 0.4) is 0 Å². The maximum atomic E-state index is 13.1. The Kier molecular flexibility index (Phi) is 4.74. The Morgan fingerprint density at radius 1 is 1.14 bits per heavy atom. The molecule has 2 aromatic carbocycles. The first-order chi connectivity index (χ1) is 14.0. The lowest BCUT2D eigenvalue weighted by Gasteiger charge is -2.50. The van der Waals surface area contributed by atoms with E-state index in [-0.39, 0.29) is 5.41 Å². The van der Waals surface area contributed by atoms with Crippen molar-refractivity contribution in [1.82, 2.24) is 0 Å². The number of aryl methyl sites for hydroxylation is 2. The van der Waals surface area contributed by atoms with Crippen LogP contribution in [0.4, 0.5) is 0 Å². The number of hydrogen-bond donors (Lipinski definition) is 1. The number of aromatic hydroxyl groups is 1. The van der Waals surface area contributed by atoms with Crippen LogP contribution in [0.25, 0.3) is 0 Å². The van der Waals surface area contributed by atoms with Gasteiger partial charge in [0.1, 0.15) is 11.5 Å². The average Bonchev–Trinajstić information content (AvgIpc) is 2.97. The van der Waals surface area contributed by atoms with Crippen LogP contribution in [-0.4, -0.2) is 10.9 Å². The molecule has 5 rings (SSSR count). The molecular weight excluding hydrogens is 380 g/mol. The lowest BCUT2D eigenvalue weighted by Crippen LogP contribution is -2.44. The Morgan fingerprint density at radius 2 is 1.93 bits per heavy atom. The van der Waals surface area contributed by atoms with E-state index in [9.17, 15) is 9.90 Å². The molecule has 3 aliphatic rings. The van der Waals surface area contributed by atoms with Crippen molar-refractivity contribution >= 4 is 17.4 Å². The van der Waals surface area contributed by atoms with Crippen molar-refractivity contribution in [3.63, 3.8) is 0 Å². The zero-order chi connectivity index (χ0) is 20.2. The molecule has 0 heterocycles. The Hall–Kier alpha value is -1.80. The standard InChI is InChI=1S/C26H29ClO2/c1-26-13-12-22-21-11-9-20(28)14-17(21)6-10-23(22)25(26)18(15-24(26)29)5-2-16-3-7-19(27)8-4-16/h3-4,7-9,11,14,18,22-23,25,28H,2,5-6,10,12-13,15H2,1H3/t18-,22-,23-,25+,26-/m1/s1. The van der Waals surface area contributed by atoms with Gasteiger partial charge in [-0.1, -0.05) is 36.7 Å². The molecule has 2 nitrogen and oxygen atoms in total. The normalized spacial score (nSPS) is 33.1. The summed E-state index contributed by atoms with van der Waals surface area (Å²) in [5, 5.41) is 10.7. The van der Waals surface area contributed by atoms with Crippen molar-refractivity contribution in [2.45, 2.75) is 57.8 Å². The second kappa shape index (κ2) is 7.16. The van der Waals surface area contributed by atoms with Crippen LogP contribution in [0, 0.1) is 23.2 Å². The zero-order valence-electron chi connectivity index (χ0n) is 17.0. The monoisotopic (exact) mass is 408 g/mol. The van der Waals surface area contributed by atoms with Crippen molar-refractivity contribution < 1.29 is 9.90 Å². The molecule has 3 aliphatic carbocycles. The lowest BCUT2D eigenvalue weighted by molar-refractivity contribution is -0.129. The summed E-state index contributed by atoms with van der Waals surface area (Å²) in [5.74, 6) is 2.98. The molecule has 2 fully saturated rings. The predicted octanol–water partition coefficient (Wildman–Crippen LogP) is 6.33. The van der Waals surface area contributed by atoms with E-state index in [1.807, 2.05) is 24.3 Å². The van der Waals surface area contributed by atoms with Crippen LogP contribution in [0.15, 0.2) is 42.5 Å². The number of hydrogen-bond acceptors (Lipinski definition) is 2. The minimum atomic E-state index is -0.139. The number of phenols is 1. The van der Waals surface area contributed by atoms with Crippen molar-refractivity contribution in [2.75, 3.05) is 0 Å². The van der Waals surface area contributed by atoms with E-state index in [1.165, 1.54) is 16.7 Å². The second-order valence-electron chi connectivity index (χ2n) is 9.73. The van der Waals surface area contributed by atoms with E-state index in [0.717, 1.165) is 50.0 Å². The molecule has 0 unspecified atom stereocenters. The third-order valence-electron chi connectivity index (χ3n) is 8.27. The fraction of sp³-hybridized carbons (Fsp3) is 0.500. The van der Waals surface area contributed by atoms with Crippen molar-refractivity contribution in [1.29, 1.82) is 0 Å². The van der Waals surface area contributed by atoms with Gasteiger partial charge in [0, 0.05) is 16.9 Å². The number of fused-ring (bicyclic) bond motifs is 5. The van der Waals surface area contributed by atoms with Gasteiger partial charge in [0.05, 0.1) is 0 Å². The molecular formula is C26H29ClO2. The number of halogens is 1. The smallest absolute Gasteiger partial charge is 0.139 e. The highest BCUT2D eigenvalue weighted by Crippen LogP contribution is 2.62. The Balaban J connectivity index is 1.41.